The van der Waals surface area contributed by atoms with Gasteiger partial charge in [0.1, 0.15) is 15.9 Å². The molecule has 0 atom stereocenters. The first-order chi connectivity index (χ1) is 21.4. The summed E-state index contributed by atoms with van der Waals surface area (Å²) in [7, 11) is 0. The van der Waals surface area contributed by atoms with Gasteiger partial charge in [0.15, 0.2) is 33.2 Å². The highest BCUT2D eigenvalue weighted by molar-refractivity contribution is 14.2. The van der Waals surface area contributed by atoms with Crippen LogP contribution in [0.5, 0.6) is 0 Å². The van der Waals surface area contributed by atoms with E-state index in [1.54, 1.807) is 0 Å². The fraction of sp³-hybridized carbons (Fsp3) is 0.500. The van der Waals surface area contributed by atoms with Gasteiger partial charge in [-0.25, -0.2) is 0 Å². The Labute approximate surface area is 283 Å². The molecule has 240 valence electrons. The molecule has 0 unspecified atom stereocenters. The zero-order valence-corrected chi connectivity index (χ0v) is 31.2. The average molecular weight is 728 g/mol. The Kier molecular flexibility index (Phi) is 17.3. The maximum Gasteiger partial charge on any atom is 0.173 e. The van der Waals surface area contributed by atoms with E-state index in [0.29, 0.717) is 0 Å². The summed E-state index contributed by atoms with van der Waals surface area (Å²) in [5, 5.41) is 4.49. The van der Waals surface area contributed by atoms with Crippen molar-refractivity contribution in [3.05, 3.63) is 101 Å². The van der Waals surface area contributed by atoms with Crippen LogP contribution in [0.25, 0.3) is 0 Å². The minimum Gasteiger partial charge on any atom is -0.353 e. The molecule has 0 amide bonds. The molecule has 0 bridgehead atoms. The van der Waals surface area contributed by atoms with Crippen LogP contribution < -0.4 is 15.9 Å². The molecule has 44 heavy (non-hydrogen) atoms. The van der Waals surface area contributed by atoms with E-state index in [9.17, 15) is 0 Å². The van der Waals surface area contributed by atoms with Crippen molar-refractivity contribution in [3.8, 4) is 0 Å². The number of ether oxygens (including phenoxy) is 2. The minimum absolute atomic E-state index is 0.0153. The van der Waals surface area contributed by atoms with Gasteiger partial charge in [-0.15, -0.1) is 0 Å². The molecule has 3 aromatic rings. The molecule has 0 aliphatic heterocycles. The summed E-state index contributed by atoms with van der Waals surface area (Å²) in [6, 6.07) is 25.1. The lowest BCUT2D eigenvalue weighted by molar-refractivity contribution is -0.147. The van der Waals surface area contributed by atoms with Gasteiger partial charge in [0.05, 0.1) is 0 Å². The molecule has 0 aliphatic carbocycles. The molecule has 0 aliphatic rings. The number of rotatable bonds is 21. The van der Waals surface area contributed by atoms with E-state index in [1.165, 1.54) is 83.1 Å². The molecule has 3 rings (SSSR count). The third-order valence-corrected chi connectivity index (χ3v) is 16.7. The quantitative estimate of drug-likeness (QED) is 0.0358. The Morgan fingerprint density at radius 1 is 0.636 bits per heavy atom. The molecule has 0 fully saturated rings. The molecular weight excluding hydrogens is 670 g/mol. The van der Waals surface area contributed by atoms with Gasteiger partial charge in [0, 0.05) is 13.2 Å². The van der Waals surface area contributed by atoms with E-state index in [-0.39, 0.29) is 6.29 Å². The number of allylic oxidation sites excluding steroid dienone is 2. The van der Waals surface area contributed by atoms with Crippen LogP contribution in [0, 0.1) is 20.8 Å². The van der Waals surface area contributed by atoms with Gasteiger partial charge < -0.3 is 9.47 Å². The summed E-state index contributed by atoms with van der Waals surface area (Å²) in [5.41, 5.74) is 5.74. The second-order valence-corrected chi connectivity index (χ2v) is 19.1. The zero-order chi connectivity index (χ0) is 31.6. The van der Waals surface area contributed by atoms with Gasteiger partial charge in [-0.3, -0.25) is 0 Å². The van der Waals surface area contributed by atoms with Crippen molar-refractivity contribution in [2.75, 3.05) is 13.2 Å². The molecule has 0 saturated carbocycles. The van der Waals surface area contributed by atoms with Gasteiger partial charge in [-0.05, 0) is 119 Å². The number of benzene rings is 3. The number of hydrogen-bond acceptors (Lipinski definition) is 2. The van der Waals surface area contributed by atoms with Crippen molar-refractivity contribution in [1.29, 1.82) is 0 Å². The molecule has 3 aromatic carbocycles. The Balaban J connectivity index is 1.52. The van der Waals surface area contributed by atoms with Crippen molar-refractivity contribution < 1.29 is 9.47 Å². The van der Waals surface area contributed by atoms with E-state index in [2.05, 4.69) is 136 Å². The van der Waals surface area contributed by atoms with Crippen LogP contribution in [-0.2, 0) is 15.9 Å². The summed E-state index contributed by atoms with van der Waals surface area (Å²) in [6.07, 6.45) is 18.7. The molecule has 0 saturated heterocycles. The summed E-state index contributed by atoms with van der Waals surface area (Å²) >= 11 is 2.84. The van der Waals surface area contributed by atoms with Gasteiger partial charge in [0.2, 0.25) is 0 Å². The monoisotopic (exact) mass is 727 g/mol. The summed E-state index contributed by atoms with van der Waals surface area (Å²) in [5.74, 6) is 0. The van der Waals surface area contributed by atoms with Crippen molar-refractivity contribution in [2.24, 2.45) is 0 Å². The van der Waals surface area contributed by atoms with E-state index in [1.807, 2.05) is 0 Å². The van der Waals surface area contributed by atoms with Crippen molar-refractivity contribution in [3.63, 3.8) is 0 Å². The van der Waals surface area contributed by atoms with Gasteiger partial charge in [-0.1, -0.05) is 93.8 Å². The number of hydrogen-bond donors (Lipinski definition) is 0. The minimum atomic E-state index is -1.81. The van der Waals surface area contributed by atoms with Crippen LogP contribution in [0.15, 0.2) is 78.9 Å². The van der Waals surface area contributed by atoms with E-state index < -0.39 is 4.90 Å². The summed E-state index contributed by atoms with van der Waals surface area (Å²) in [6.45, 7) is 13.0. The fourth-order valence-electron chi connectivity index (χ4n) is 5.81. The van der Waals surface area contributed by atoms with Crippen LogP contribution in [-0.4, -0.2) is 19.5 Å². The first-order valence-electron chi connectivity index (χ1n) is 17.1. The highest BCUT2D eigenvalue weighted by Gasteiger charge is 2.46. The molecule has 0 aromatic heterocycles. The van der Waals surface area contributed by atoms with Gasteiger partial charge in [0.25, 0.3) is 0 Å². The lowest BCUT2D eigenvalue weighted by atomic mass is 10.0. The van der Waals surface area contributed by atoms with E-state index >= 15 is 0 Å². The van der Waals surface area contributed by atoms with Crippen molar-refractivity contribution >= 4 is 42.9 Å². The third kappa shape index (κ3) is 11.1. The smallest absolute Gasteiger partial charge is 0.173 e. The highest BCUT2D eigenvalue weighted by Crippen LogP contribution is 2.65. The Morgan fingerprint density at radius 2 is 1.18 bits per heavy atom. The van der Waals surface area contributed by atoms with Crippen LogP contribution in [0.2, 0.25) is 0 Å². The summed E-state index contributed by atoms with van der Waals surface area (Å²) in [4.78, 5) is -1.81. The normalized spacial score (nSPS) is 12.1. The molecule has 0 spiro atoms. The lowest BCUT2D eigenvalue weighted by Gasteiger charge is -2.25. The Bertz CT molecular complexity index is 1210. The number of aryl methyl sites for hydroxylation is 3. The fourth-order valence-corrected chi connectivity index (χ4v) is 14.0. The summed E-state index contributed by atoms with van der Waals surface area (Å²) < 4.78 is 12.0. The Morgan fingerprint density at radius 3 is 1.75 bits per heavy atom. The second kappa shape index (κ2) is 20.6. The van der Waals surface area contributed by atoms with Gasteiger partial charge >= 0.3 is 0 Å². The zero-order valence-electron chi connectivity index (χ0n) is 28.1. The topological polar surface area (TPSA) is 18.5 Å². The van der Waals surface area contributed by atoms with E-state index in [4.69, 9.17) is 9.47 Å². The molecule has 4 heteroatoms. The predicted octanol–water partition coefficient (Wildman–Crippen LogP) is 11.0. The first-order valence-corrected chi connectivity index (χ1v) is 21.7. The van der Waals surface area contributed by atoms with Gasteiger partial charge in [-0.2, -0.15) is 0 Å². The molecule has 0 N–H and O–H groups in total. The average Bonchev–Trinajstić information content (AvgIpc) is 3.02. The SMILES string of the molecule is CCCCOC(CCCCC/C=C/CCCc1cccc([P+](I)(c2ccccc2C)c2ccccc2C)c1C)OCCCC. The van der Waals surface area contributed by atoms with Crippen LogP contribution in [0.1, 0.15) is 107 Å². The van der Waals surface area contributed by atoms with Crippen LogP contribution in [0.4, 0.5) is 0 Å². The molecule has 2 nitrogen and oxygen atoms in total. The van der Waals surface area contributed by atoms with Crippen LogP contribution >= 0.6 is 26.9 Å². The number of unbranched alkanes of at least 4 members (excludes halogenated alkanes) is 6. The Hall–Kier alpha value is -1.52. The maximum atomic E-state index is 5.99. The third-order valence-electron chi connectivity index (χ3n) is 8.54. The lowest BCUT2D eigenvalue weighted by Crippen LogP contribution is -2.31. The highest BCUT2D eigenvalue weighted by atomic mass is 127. The maximum absolute atomic E-state index is 5.99. The van der Waals surface area contributed by atoms with Crippen LogP contribution in [0.3, 0.4) is 0 Å². The number of halogens is 1. The molecular formula is C40H57IO2P+. The van der Waals surface area contributed by atoms with Crippen molar-refractivity contribution in [1.82, 2.24) is 0 Å². The predicted molar refractivity (Wildman–Crippen MR) is 204 cm³/mol. The largest absolute Gasteiger partial charge is 0.353 e. The molecule has 0 radical (unpaired) electrons. The molecule has 0 heterocycles. The standard InChI is InChI=1S/C40H57IO2P/c1-6-8-31-42-40(43-32-9-7-2)30-17-15-13-11-10-12-14-16-25-36-26-22-29-39(35(36)5)44(41,37-27-20-18-23-33(37)3)38-28-21-19-24-34(38)4/h10,12,18-24,26-29,40H,6-9,11,13-17,25,30-32H2,1-5H3/q+1/b12-10+. The second-order valence-electron chi connectivity index (χ2n) is 12.1. The first kappa shape index (κ1) is 36.9. The van der Waals surface area contributed by atoms with E-state index in [0.717, 1.165) is 45.3 Å². The van der Waals surface area contributed by atoms with Crippen molar-refractivity contribution in [2.45, 2.75) is 118 Å².